The molecule has 0 fully saturated rings. The number of aromatic nitrogens is 7. The van der Waals surface area contributed by atoms with Crippen LogP contribution < -0.4 is 9.97 Å². The van der Waals surface area contributed by atoms with Crippen molar-refractivity contribution in [2.24, 2.45) is 0 Å². The summed E-state index contributed by atoms with van der Waals surface area (Å²) in [5, 5.41) is 2.17. The van der Waals surface area contributed by atoms with E-state index in [1.54, 1.807) is 0 Å². The summed E-state index contributed by atoms with van der Waals surface area (Å²) in [4.78, 5) is 25.7. The molecule has 1 aliphatic rings. The van der Waals surface area contributed by atoms with Gasteiger partial charge in [-0.25, -0.2) is 9.97 Å². The van der Waals surface area contributed by atoms with Crippen LogP contribution in [-0.4, -0.2) is 24.1 Å². The van der Waals surface area contributed by atoms with Gasteiger partial charge in [-0.15, -0.1) is 11.4 Å². The van der Waals surface area contributed by atoms with E-state index in [0.717, 1.165) is 62.3 Å². The van der Waals surface area contributed by atoms with E-state index in [1.165, 1.54) is 0 Å². The van der Waals surface area contributed by atoms with Gasteiger partial charge in [-0.2, -0.15) is 0 Å². The van der Waals surface area contributed by atoms with Gasteiger partial charge in [0, 0.05) is 23.8 Å². The Labute approximate surface area is 260 Å². The molecule has 0 atom stereocenters. The maximum absolute atomic E-state index is 5.37. The predicted octanol–water partition coefficient (Wildman–Crippen LogP) is 6.82. The molecule has 0 saturated heterocycles. The molecule has 0 N–H and O–H groups in total. The van der Waals surface area contributed by atoms with Gasteiger partial charge >= 0.3 is 17.1 Å². The monoisotopic (exact) mass is 610 g/mol. The zero-order valence-electron chi connectivity index (χ0n) is 24.2. The minimum absolute atomic E-state index is 0. The first-order valence-electron chi connectivity index (χ1n) is 14.2. The minimum atomic E-state index is -0.619. The molecular weight excluding hydrogens is 582 g/mol. The topological polar surface area (TPSA) is 76.7 Å². The van der Waals surface area contributed by atoms with Gasteiger partial charge in [-0.05, 0) is 60.1 Å². The quantitative estimate of drug-likeness (QED) is 0.201. The van der Waals surface area contributed by atoms with Gasteiger partial charge in [0.25, 0.3) is 0 Å². The smallest absolute Gasteiger partial charge is 0.658 e. The molecule has 0 amide bonds. The van der Waals surface area contributed by atoms with Gasteiger partial charge in [-0.1, -0.05) is 86.4 Å². The second-order valence-corrected chi connectivity index (χ2v) is 12.0. The molecule has 7 nitrogen and oxygen atoms in total. The van der Waals surface area contributed by atoms with Gasteiger partial charge < -0.3 is 24.1 Å². The van der Waals surface area contributed by atoms with Crippen molar-refractivity contribution in [1.82, 2.24) is 34.1 Å². The van der Waals surface area contributed by atoms with Gasteiger partial charge in [0.15, 0.2) is 0 Å². The predicted molar refractivity (Wildman–Crippen MR) is 164 cm³/mol. The van der Waals surface area contributed by atoms with Gasteiger partial charge in [-0.3, -0.25) is 0 Å². The average Bonchev–Trinajstić information content (AvgIpc) is 3.81. The van der Waals surface area contributed by atoms with Crippen LogP contribution in [0, 0.1) is 0 Å². The number of rotatable bonds is 2. The van der Waals surface area contributed by atoms with Crippen molar-refractivity contribution < 1.29 is 17.1 Å². The molecule has 7 aromatic rings. The van der Waals surface area contributed by atoms with Crippen molar-refractivity contribution in [3.05, 3.63) is 127 Å². The Kier molecular flexibility index (Phi) is 6.13. The van der Waals surface area contributed by atoms with E-state index >= 15 is 0 Å². The number of fused-ring (bicyclic) bond motifs is 13. The zero-order chi connectivity index (χ0) is 28.6. The fourth-order valence-corrected chi connectivity index (χ4v) is 6.17. The molecule has 4 aromatic heterocycles. The van der Waals surface area contributed by atoms with E-state index in [-0.39, 0.29) is 17.1 Å². The first-order valence-corrected chi connectivity index (χ1v) is 14.2. The zero-order valence-corrected chi connectivity index (χ0v) is 25.2. The Hall–Kier alpha value is -4.65. The number of hydrogen-bond acceptors (Lipinski definition) is 3. The molecule has 0 aliphatic carbocycles. The van der Waals surface area contributed by atoms with Gasteiger partial charge in [0.2, 0.25) is 0 Å². The number of hydrogen-bond donors (Lipinski definition) is 0. The molecule has 5 heterocycles. The van der Waals surface area contributed by atoms with Crippen LogP contribution >= 0.6 is 0 Å². The van der Waals surface area contributed by atoms with Crippen molar-refractivity contribution in [1.29, 1.82) is 0 Å². The summed E-state index contributed by atoms with van der Waals surface area (Å²) in [6, 6.07) is 29.1. The number of para-hydroxylation sites is 2. The molecule has 0 unspecified atom stereocenters. The maximum atomic E-state index is 5.37. The third-order valence-electron chi connectivity index (χ3n) is 8.50. The average molecular weight is 611 g/mol. The fourth-order valence-electron chi connectivity index (χ4n) is 6.17. The minimum Gasteiger partial charge on any atom is -0.658 e. The molecule has 0 saturated carbocycles. The second-order valence-electron chi connectivity index (χ2n) is 12.0. The van der Waals surface area contributed by atoms with Crippen molar-refractivity contribution in [2.75, 3.05) is 0 Å². The molecular formula is C35H29CuN7. The summed E-state index contributed by atoms with van der Waals surface area (Å²) >= 11 is 0. The Morgan fingerprint density at radius 3 is 1.77 bits per heavy atom. The molecule has 1 radical (unpaired) electrons. The van der Waals surface area contributed by atoms with Crippen molar-refractivity contribution >= 4 is 10.8 Å². The molecule has 8 heteroatoms. The first-order chi connectivity index (χ1) is 20.3. The van der Waals surface area contributed by atoms with Crippen molar-refractivity contribution in [2.45, 2.75) is 38.5 Å². The fraction of sp³-hybridized carbons (Fsp3) is 0.171. The maximum Gasteiger partial charge on any atom is 2.00 e. The summed E-state index contributed by atoms with van der Waals surface area (Å²) in [7, 11) is 0. The standard InChI is InChI=1S/C35H29N7.Cu/c1-34(2)28-19-36-31(39-28)27-21-42(23-15-9-6-10-16-23)33(38-27)35(3,4)32-37-26(20-41(32)22-13-7-5-8-14-22)29-24-17-11-12-18-25(24)30(34)40-29;/h5-21H,1-4H3;/q-2;+2. The van der Waals surface area contributed by atoms with Crippen molar-refractivity contribution in [3.63, 3.8) is 0 Å². The normalized spacial score (nSPS) is 14.7. The third-order valence-corrected chi connectivity index (χ3v) is 8.50. The van der Waals surface area contributed by atoms with E-state index in [9.17, 15) is 0 Å². The molecule has 8 rings (SSSR count). The van der Waals surface area contributed by atoms with Crippen LogP contribution in [0.2, 0.25) is 0 Å². The van der Waals surface area contributed by atoms with Crippen LogP contribution in [0.5, 0.6) is 0 Å². The Bertz CT molecular complexity index is 2090. The second kappa shape index (κ2) is 9.69. The molecule has 8 bridgehead atoms. The number of nitrogens with zero attached hydrogens (tertiary/aromatic N) is 7. The first kappa shape index (κ1) is 27.2. The van der Waals surface area contributed by atoms with Crippen LogP contribution in [0.4, 0.5) is 0 Å². The number of imidazole rings is 3. The SMILES string of the molecule is CC1(C)c2cnc([n-]2)-c2cn(-c3ccccc3)c(n2)C(C)(C)c2nc(cn2-c2ccccc2)-c2[n-]c1c1ccccc21.[Cu+2]. The molecule has 3 aromatic carbocycles. The van der Waals surface area contributed by atoms with Crippen molar-refractivity contribution in [3.8, 4) is 34.3 Å². The third kappa shape index (κ3) is 4.05. The van der Waals surface area contributed by atoms with Crippen LogP contribution in [-0.2, 0) is 27.9 Å². The molecule has 215 valence electrons. The van der Waals surface area contributed by atoms with Gasteiger partial charge in [0.05, 0.1) is 16.8 Å². The van der Waals surface area contributed by atoms with E-state index in [1.807, 2.05) is 36.7 Å². The largest absolute Gasteiger partial charge is 2.00 e. The Morgan fingerprint density at radius 1 is 0.605 bits per heavy atom. The van der Waals surface area contributed by atoms with E-state index in [0.29, 0.717) is 5.82 Å². The molecule has 43 heavy (non-hydrogen) atoms. The van der Waals surface area contributed by atoms with Crippen LogP contribution in [0.25, 0.3) is 45.1 Å². The Morgan fingerprint density at radius 2 is 1.14 bits per heavy atom. The summed E-state index contributed by atoms with van der Waals surface area (Å²) in [5.41, 5.74) is 5.16. The summed E-state index contributed by atoms with van der Waals surface area (Å²) in [6.45, 7) is 8.68. The molecule has 1 aliphatic heterocycles. The molecule has 0 spiro atoms. The van der Waals surface area contributed by atoms with E-state index in [2.05, 4.69) is 104 Å². The summed E-state index contributed by atoms with van der Waals surface area (Å²) < 4.78 is 4.33. The summed E-state index contributed by atoms with van der Waals surface area (Å²) in [5.74, 6) is 2.32. The van der Waals surface area contributed by atoms with Crippen LogP contribution in [0.1, 0.15) is 50.7 Å². The van der Waals surface area contributed by atoms with E-state index in [4.69, 9.17) is 24.9 Å². The Balaban J connectivity index is 0.00000300. The van der Waals surface area contributed by atoms with E-state index < -0.39 is 10.8 Å². The van der Waals surface area contributed by atoms with Crippen LogP contribution in [0.3, 0.4) is 0 Å². The number of benzene rings is 3. The summed E-state index contributed by atoms with van der Waals surface area (Å²) in [6.07, 6.45) is 6.03. The van der Waals surface area contributed by atoms with Gasteiger partial charge in [0.1, 0.15) is 11.6 Å². The van der Waals surface area contributed by atoms with Crippen LogP contribution in [0.15, 0.2) is 104 Å².